The Balaban J connectivity index is 2.17. The van der Waals surface area contributed by atoms with E-state index in [4.69, 9.17) is 0 Å². The minimum Gasteiger partial charge on any atom is -0.351 e. The van der Waals surface area contributed by atoms with Crippen LogP contribution in [0.3, 0.4) is 0 Å². The minimum atomic E-state index is -0.266. The molecule has 1 N–H and O–H groups in total. The van der Waals surface area contributed by atoms with Crippen molar-refractivity contribution in [3.8, 4) is 0 Å². The number of halogens is 1. The van der Waals surface area contributed by atoms with Crippen molar-refractivity contribution in [2.75, 3.05) is 27.2 Å². The van der Waals surface area contributed by atoms with Crippen LogP contribution in [-0.2, 0) is 0 Å². The molecule has 120 valence electrons. The molecule has 2 rings (SSSR count). The number of hydrogen-bond donors (Lipinski definition) is 1. The van der Waals surface area contributed by atoms with Gasteiger partial charge in [0.15, 0.2) is 0 Å². The smallest absolute Gasteiger partial charge is 0.261 e. The zero-order valence-corrected chi connectivity index (χ0v) is 14.6. The van der Waals surface area contributed by atoms with Crippen LogP contribution in [0.2, 0.25) is 0 Å². The number of hydrogen-bond acceptors (Lipinski definition) is 3. The maximum atomic E-state index is 13.9. The highest BCUT2D eigenvalue weighted by Crippen LogP contribution is 2.32. The maximum absolute atomic E-state index is 13.9. The molecule has 0 aliphatic rings. The molecule has 1 heterocycles. The monoisotopic (exact) mass is 322 g/mol. The number of amides is 1. The molecule has 0 unspecified atom stereocenters. The van der Waals surface area contributed by atoms with Crippen LogP contribution in [0.1, 0.15) is 29.1 Å². The second kappa shape index (κ2) is 6.34. The molecular formula is C17H23FN2OS. The molecule has 0 atom stereocenters. The first-order chi connectivity index (χ1) is 10.2. The van der Waals surface area contributed by atoms with E-state index in [9.17, 15) is 9.18 Å². The molecule has 5 heteroatoms. The van der Waals surface area contributed by atoms with Gasteiger partial charge in [-0.25, -0.2) is 4.39 Å². The number of carbonyl (C=O) groups excluding carboxylic acids is 1. The highest BCUT2D eigenvalue weighted by atomic mass is 32.1. The molecule has 1 aromatic heterocycles. The summed E-state index contributed by atoms with van der Waals surface area (Å²) in [5.41, 5.74) is 0.704. The van der Waals surface area contributed by atoms with Gasteiger partial charge in [0.2, 0.25) is 0 Å². The Kier molecular flexibility index (Phi) is 4.87. The number of benzene rings is 1. The molecule has 0 aliphatic carbocycles. The second-order valence-electron chi connectivity index (χ2n) is 6.75. The lowest BCUT2D eigenvalue weighted by molar-refractivity contribution is 0.0933. The van der Waals surface area contributed by atoms with Crippen molar-refractivity contribution in [3.05, 3.63) is 34.5 Å². The fraction of sp³-hybridized carbons (Fsp3) is 0.471. The standard InChI is InChI=1S/C17H23FN2OS/c1-11-14-12(18)7-6-8-13(14)22-15(11)16(21)19-9-17(2,3)10-20(4)5/h6-8H,9-10H2,1-5H3,(H,19,21). The lowest BCUT2D eigenvalue weighted by atomic mass is 9.93. The van der Waals surface area contributed by atoms with Gasteiger partial charge in [-0.1, -0.05) is 19.9 Å². The van der Waals surface area contributed by atoms with E-state index in [2.05, 4.69) is 24.1 Å². The second-order valence-corrected chi connectivity index (χ2v) is 7.81. The summed E-state index contributed by atoms with van der Waals surface area (Å²) in [6, 6.07) is 4.96. The summed E-state index contributed by atoms with van der Waals surface area (Å²) >= 11 is 1.35. The molecule has 0 fully saturated rings. The van der Waals surface area contributed by atoms with Gasteiger partial charge < -0.3 is 10.2 Å². The quantitative estimate of drug-likeness (QED) is 0.911. The van der Waals surface area contributed by atoms with Gasteiger partial charge in [-0.05, 0) is 44.1 Å². The zero-order chi connectivity index (χ0) is 16.5. The maximum Gasteiger partial charge on any atom is 0.261 e. The Labute approximate surface area is 135 Å². The minimum absolute atomic E-state index is 0.0189. The third kappa shape index (κ3) is 3.65. The molecule has 0 radical (unpaired) electrons. The van der Waals surface area contributed by atoms with E-state index in [1.165, 1.54) is 17.4 Å². The van der Waals surface area contributed by atoms with Crippen molar-refractivity contribution in [2.24, 2.45) is 5.41 Å². The molecule has 3 nitrogen and oxygen atoms in total. The number of nitrogens with zero attached hydrogens (tertiary/aromatic N) is 1. The molecule has 0 bridgehead atoms. The van der Waals surface area contributed by atoms with E-state index >= 15 is 0 Å². The van der Waals surface area contributed by atoms with E-state index in [1.807, 2.05) is 27.1 Å². The molecule has 0 saturated heterocycles. The van der Waals surface area contributed by atoms with Crippen LogP contribution >= 0.6 is 11.3 Å². The van der Waals surface area contributed by atoms with Gasteiger partial charge in [-0.3, -0.25) is 4.79 Å². The third-order valence-corrected chi connectivity index (χ3v) is 4.84. The topological polar surface area (TPSA) is 32.3 Å². The van der Waals surface area contributed by atoms with Gasteiger partial charge in [-0.15, -0.1) is 11.3 Å². The molecule has 0 saturated carbocycles. The summed E-state index contributed by atoms with van der Waals surface area (Å²) in [6.45, 7) is 7.50. The number of thiophene rings is 1. The zero-order valence-electron chi connectivity index (χ0n) is 13.8. The van der Waals surface area contributed by atoms with Crippen molar-refractivity contribution >= 4 is 27.3 Å². The van der Waals surface area contributed by atoms with Crippen LogP contribution in [0.25, 0.3) is 10.1 Å². The Morgan fingerprint density at radius 3 is 2.64 bits per heavy atom. The Bertz CT molecular complexity index is 691. The van der Waals surface area contributed by atoms with Crippen LogP contribution in [0, 0.1) is 18.2 Å². The number of fused-ring (bicyclic) bond motifs is 1. The van der Waals surface area contributed by atoms with Gasteiger partial charge in [0, 0.05) is 23.2 Å². The van der Waals surface area contributed by atoms with Gasteiger partial charge in [-0.2, -0.15) is 0 Å². The van der Waals surface area contributed by atoms with Crippen molar-refractivity contribution in [2.45, 2.75) is 20.8 Å². The average molecular weight is 322 g/mol. The Hall–Kier alpha value is -1.46. The summed E-state index contributed by atoms with van der Waals surface area (Å²) in [5.74, 6) is -0.386. The van der Waals surface area contributed by atoms with Crippen LogP contribution < -0.4 is 5.32 Å². The average Bonchev–Trinajstić information content (AvgIpc) is 2.73. The van der Waals surface area contributed by atoms with Crippen LogP contribution in [0.15, 0.2) is 18.2 Å². The van der Waals surface area contributed by atoms with E-state index in [1.54, 1.807) is 6.07 Å². The predicted molar refractivity (Wildman–Crippen MR) is 91.2 cm³/mol. The predicted octanol–water partition coefficient (Wildman–Crippen LogP) is 3.67. The molecular weight excluding hydrogens is 299 g/mol. The first-order valence-electron chi connectivity index (χ1n) is 7.32. The highest BCUT2D eigenvalue weighted by molar-refractivity contribution is 7.21. The first-order valence-corrected chi connectivity index (χ1v) is 8.13. The fourth-order valence-electron chi connectivity index (χ4n) is 2.78. The van der Waals surface area contributed by atoms with Crippen molar-refractivity contribution in [1.29, 1.82) is 0 Å². The Morgan fingerprint density at radius 1 is 1.36 bits per heavy atom. The van der Waals surface area contributed by atoms with E-state index in [0.29, 0.717) is 16.8 Å². The SMILES string of the molecule is Cc1c(C(=O)NCC(C)(C)CN(C)C)sc2cccc(F)c12. The van der Waals surface area contributed by atoms with Gasteiger partial charge in [0.25, 0.3) is 5.91 Å². The molecule has 1 aromatic carbocycles. The highest BCUT2D eigenvalue weighted by Gasteiger charge is 2.22. The van der Waals surface area contributed by atoms with Gasteiger partial charge in [0.1, 0.15) is 5.82 Å². The lowest BCUT2D eigenvalue weighted by Gasteiger charge is -2.28. The van der Waals surface area contributed by atoms with E-state index in [0.717, 1.165) is 16.8 Å². The van der Waals surface area contributed by atoms with Crippen molar-refractivity contribution in [3.63, 3.8) is 0 Å². The summed E-state index contributed by atoms with van der Waals surface area (Å²) in [4.78, 5) is 15.1. The van der Waals surface area contributed by atoms with E-state index in [-0.39, 0.29) is 17.1 Å². The number of aryl methyl sites for hydroxylation is 1. The Morgan fingerprint density at radius 2 is 2.05 bits per heavy atom. The lowest BCUT2D eigenvalue weighted by Crippen LogP contribution is -2.39. The molecule has 1 amide bonds. The summed E-state index contributed by atoms with van der Waals surface area (Å²) in [7, 11) is 4.03. The molecule has 2 aromatic rings. The number of rotatable bonds is 5. The normalized spacial score (nSPS) is 12.1. The first kappa shape index (κ1) is 16.9. The third-order valence-electron chi connectivity index (χ3n) is 3.58. The van der Waals surface area contributed by atoms with Crippen molar-refractivity contribution < 1.29 is 9.18 Å². The van der Waals surface area contributed by atoms with Crippen LogP contribution in [0.5, 0.6) is 0 Å². The van der Waals surface area contributed by atoms with Crippen LogP contribution in [-0.4, -0.2) is 38.0 Å². The summed E-state index contributed by atoms with van der Waals surface area (Å²) < 4.78 is 14.7. The molecule has 0 aliphatic heterocycles. The van der Waals surface area contributed by atoms with Crippen LogP contribution in [0.4, 0.5) is 4.39 Å². The fourth-order valence-corrected chi connectivity index (χ4v) is 3.92. The largest absolute Gasteiger partial charge is 0.351 e. The molecule has 0 spiro atoms. The summed E-state index contributed by atoms with van der Waals surface area (Å²) in [5, 5.41) is 3.55. The number of carbonyl (C=O) groups is 1. The molecule has 22 heavy (non-hydrogen) atoms. The summed E-state index contributed by atoms with van der Waals surface area (Å²) in [6.07, 6.45) is 0. The van der Waals surface area contributed by atoms with Gasteiger partial charge >= 0.3 is 0 Å². The van der Waals surface area contributed by atoms with Gasteiger partial charge in [0.05, 0.1) is 4.88 Å². The van der Waals surface area contributed by atoms with Crippen molar-refractivity contribution in [1.82, 2.24) is 10.2 Å². The number of nitrogens with one attached hydrogen (secondary N) is 1. The van der Waals surface area contributed by atoms with E-state index < -0.39 is 0 Å².